The summed E-state index contributed by atoms with van der Waals surface area (Å²) in [5.41, 5.74) is 5.65. The van der Waals surface area contributed by atoms with Crippen molar-refractivity contribution in [3.63, 3.8) is 0 Å². The number of benzene rings is 1. The Morgan fingerprint density at radius 1 is 1.14 bits per heavy atom. The molecule has 4 nitrogen and oxygen atoms in total. The lowest BCUT2D eigenvalue weighted by atomic mass is 10.3. The van der Waals surface area contributed by atoms with Crippen molar-refractivity contribution in [2.45, 2.75) is 13.3 Å². The Bertz CT molecular complexity index is 799. The lowest BCUT2D eigenvalue weighted by Crippen LogP contribution is -1.97. The molecule has 0 saturated carbocycles. The van der Waals surface area contributed by atoms with Gasteiger partial charge in [0.25, 0.3) is 0 Å². The highest BCUT2D eigenvalue weighted by atomic mass is 32.1. The fourth-order valence-corrected chi connectivity index (χ4v) is 2.88. The van der Waals surface area contributed by atoms with Crippen LogP contribution in [0.4, 0.5) is 14.7 Å². The maximum atomic E-state index is 13.2. The number of aromatic nitrogens is 2. The molecule has 0 amide bonds. The molecule has 0 bridgehead atoms. The SMILES string of the molecule is CCc1cc2c(Oc3cc(F)cc(F)c3)nc(N)nc2s1. The summed E-state index contributed by atoms with van der Waals surface area (Å²) in [6.45, 7) is 2.02. The van der Waals surface area contributed by atoms with Crippen molar-refractivity contribution in [1.82, 2.24) is 9.97 Å². The number of anilines is 1. The van der Waals surface area contributed by atoms with Crippen LogP contribution in [-0.4, -0.2) is 9.97 Å². The van der Waals surface area contributed by atoms with E-state index in [1.54, 1.807) is 0 Å². The molecule has 0 unspecified atom stereocenters. The summed E-state index contributed by atoms with van der Waals surface area (Å²) in [5.74, 6) is -1.17. The summed E-state index contributed by atoms with van der Waals surface area (Å²) >= 11 is 1.48. The Morgan fingerprint density at radius 3 is 2.52 bits per heavy atom. The molecule has 21 heavy (non-hydrogen) atoms. The molecule has 1 aromatic carbocycles. The smallest absolute Gasteiger partial charge is 0.232 e. The maximum absolute atomic E-state index is 13.2. The van der Waals surface area contributed by atoms with Crippen LogP contribution in [0.15, 0.2) is 24.3 Å². The number of halogens is 2. The molecule has 0 aliphatic rings. The number of nitrogen functional groups attached to an aromatic ring is 1. The number of aryl methyl sites for hydroxylation is 1. The quantitative estimate of drug-likeness (QED) is 0.797. The first-order valence-corrected chi connectivity index (χ1v) is 7.06. The standard InChI is InChI=1S/C14H11F2N3OS/c1-2-10-6-11-12(18-14(17)19-13(11)21-10)20-9-4-7(15)3-8(16)5-9/h3-6H,2H2,1H3,(H2,17,18,19). The van der Waals surface area contributed by atoms with Crippen LogP contribution in [0.2, 0.25) is 0 Å². The van der Waals surface area contributed by atoms with Crippen LogP contribution in [-0.2, 0) is 6.42 Å². The van der Waals surface area contributed by atoms with Crippen molar-refractivity contribution in [2.75, 3.05) is 5.73 Å². The number of hydrogen-bond donors (Lipinski definition) is 1. The van der Waals surface area contributed by atoms with Crippen LogP contribution in [0, 0.1) is 11.6 Å². The number of fused-ring (bicyclic) bond motifs is 1. The minimum atomic E-state index is -0.720. The van der Waals surface area contributed by atoms with Gasteiger partial charge in [-0.3, -0.25) is 0 Å². The van der Waals surface area contributed by atoms with Gasteiger partial charge in [0.1, 0.15) is 22.2 Å². The number of thiophene rings is 1. The number of rotatable bonds is 3. The van der Waals surface area contributed by atoms with Gasteiger partial charge >= 0.3 is 0 Å². The average molecular weight is 307 g/mol. The first-order valence-electron chi connectivity index (χ1n) is 6.25. The molecule has 0 saturated heterocycles. The number of hydrogen-bond acceptors (Lipinski definition) is 5. The minimum Gasteiger partial charge on any atom is -0.438 e. The van der Waals surface area contributed by atoms with E-state index in [9.17, 15) is 8.78 Å². The zero-order valence-corrected chi connectivity index (χ0v) is 11.9. The van der Waals surface area contributed by atoms with Crippen LogP contribution in [0.25, 0.3) is 10.2 Å². The molecular formula is C14H11F2N3OS. The van der Waals surface area contributed by atoms with Gasteiger partial charge in [-0.15, -0.1) is 11.3 Å². The second-order valence-corrected chi connectivity index (χ2v) is 5.49. The monoisotopic (exact) mass is 307 g/mol. The van der Waals surface area contributed by atoms with Crippen LogP contribution >= 0.6 is 11.3 Å². The number of nitrogens with zero attached hydrogens (tertiary/aromatic N) is 2. The van der Waals surface area contributed by atoms with E-state index in [4.69, 9.17) is 10.5 Å². The minimum absolute atomic E-state index is 0.0242. The van der Waals surface area contributed by atoms with Crippen LogP contribution < -0.4 is 10.5 Å². The first kappa shape index (κ1) is 13.7. The lowest BCUT2D eigenvalue weighted by molar-refractivity contribution is 0.457. The summed E-state index contributed by atoms with van der Waals surface area (Å²) in [4.78, 5) is 9.93. The van der Waals surface area contributed by atoms with E-state index in [0.717, 1.165) is 29.5 Å². The predicted molar refractivity (Wildman–Crippen MR) is 77.6 cm³/mol. The largest absolute Gasteiger partial charge is 0.438 e. The maximum Gasteiger partial charge on any atom is 0.232 e. The van der Waals surface area contributed by atoms with Crippen molar-refractivity contribution < 1.29 is 13.5 Å². The highest BCUT2D eigenvalue weighted by Crippen LogP contribution is 2.33. The molecule has 3 rings (SSSR count). The summed E-state index contributed by atoms with van der Waals surface area (Å²) < 4.78 is 31.9. The molecule has 2 N–H and O–H groups in total. The molecular weight excluding hydrogens is 296 g/mol. The normalized spacial score (nSPS) is 11.0. The molecule has 3 aromatic rings. The van der Waals surface area contributed by atoms with Crippen LogP contribution in [0.1, 0.15) is 11.8 Å². The fourth-order valence-electron chi connectivity index (χ4n) is 1.91. The van der Waals surface area contributed by atoms with Gasteiger partial charge in [0.15, 0.2) is 0 Å². The Labute approximate surface area is 123 Å². The van der Waals surface area contributed by atoms with Crippen LogP contribution in [0.3, 0.4) is 0 Å². The third-order valence-corrected chi connectivity index (χ3v) is 4.00. The topological polar surface area (TPSA) is 61.0 Å². The summed E-state index contributed by atoms with van der Waals surface area (Å²) in [6, 6.07) is 4.83. The molecule has 2 aromatic heterocycles. The highest BCUT2D eigenvalue weighted by Gasteiger charge is 2.13. The predicted octanol–water partition coefficient (Wildman–Crippen LogP) is 3.91. The molecule has 2 heterocycles. The van der Waals surface area contributed by atoms with Gasteiger partial charge in [-0.1, -0.05) is 6.92 Å². The number of ether oxygens (including phenoxy) is 1. The molecule has 0 fully saturated rings. The molecule has 0 aliphatic carbocycles. The van der Waals surface area contributed by atoms with Gasteiger partial charge in [0.2, 0.25) is 11.8 Å². The molecule has 7 heteroatoms. The van der Waals surface area contributed by atoms with Crippen molar-refractivity contribution in [1.29, 1.82) is 0 Å². The van der Waals surface area contributed by atoms with E-state index in [2.05, 4.69) is 9.97 Å². The summed E-state index contributed by atoms with van der Waals surface area (Å²) in [5, 5.41) is 0.677. The second-order valence-electron chi connectivity index (χ2n) is 4.38. The van der Waals surface area contributed by atoms with E-state index >= 15 is 0 Å². The van der Waals surface area contributed by atoms with E-state index in [-0.39, 0.29) is 17.6 Å². The second kappa shape index (κ2) is 5.25. The third kappa shape index (κ3) is 2.78. The highest BCUT2D eigenvalue weighted by molar-refractivity contribution is 7.18. The number of nitrogens with two attached hydrogens (primary N) is 1. The Balaban J connectivity index is 2.08. The average Bonchev–Trinajstić information content (AvgIpc) is 2.80. The van der Waals surface area contributed by atoms with E-state index in [1.807, 2.05) is 13.0 Å². The van der Waals surface area contributed by atoms with Gasteiger partial charge < -0.3 is 10.5 Å². The zero-order chi connectivity index (χ0) is 15.0. The Kier molecular flexibility index (Phi) is 3.42. The van der Waals surface area contributed by atoms with Crippen LogP contribution in [0.5, 0.6) is 11.6 Å². The molecule has 108 valence electrons. The third-order valence-electron chi connectivity index (χ3n) is 2.83. The van der Waals surface area contributed by atoms with E-state index in [1.165, 1.54) is 11.3 Å². The lowest BCUT2D eigenvalue weighted by Gasteiger charge is -2.06. The van der Waals surface area contributed by atoms with Gasteiger partial charge in [-0.2, -0.15) is 4.98 Å². The molecule has 0 spiro atoms. The van der Waals surface area contributed by atoms with Gasteiger partial charge in [-0.25, -0.2) is 13.8 Å². The molecule has 0 aliphatic heterocycles. The molecule has 0 atom stereocenters. The van der Waals surface area contributed by atoms with E-state index < -0.39 is 11.6 Å². The fraction of sp³-hybridized carbons (Fsp3) is 0.143. The van der Waals surface area contributed by atoms with Crippen molar-refractivity contribution >= 4 is 27.5 Å². The Hall–Kier alpha value is -2.28. The first-order chi connectivity index (χ1) is 10.0. The van der Waals surface area contributed by atoms with Crippen molar-refractivity contribution in [3.8, 4) is 11.6 Å². The van der Waals surface area contributed by atoms with Crippen molar-refractivity contribution in [3.05, 3.63) is 40.8 Å². The van der Waals surface area contributed by atoms with Gasteiger partial charge in [0.05, 0.1) is 5.39 Å². The van der Waals surface area contributed by atoms with Crippen molar-refractivity contribution in [2.24, 2.45) is 0 Å². The van der Waals surface area contributed by atoms with E-state index in [0.29, 0.717) is 10.2 Å². The molecule has 0 radical (unpaired) electrons. The van der Waals surface area contributed by atoms with Gasteiger partial charge in [-0.05, 0) is 12.5 Å². The Morgan fingerprint density at radius 2 is 1.86 bits per heavy atom. The summed E-state index contributed by atoms with van der Waals surface area (Å²) in [6.07, 6.45) is 0.842. The summed E-state index contributed by atoms with van der Waals surface area (Å²) in [7, 11) is 0. The zero-order valence-electron chi connectivity index (χ0n) is 11.1. The van der Waals surface area contributed by atoms with Gasteiger partial charge in [0, 0.05) is 23.1 Å².